The fraction of sp³-hybridized carbons (Fsp3) is 0.588. The molecular weight excluding hydrogens is 276 g/mol. The predicted molar refractivity (Wildman–Crippen MR) is 87.9 cm³/mol. The topological polar surface area (TPSA) is 59.8 Å². The van der Waals surface area contributed by atoms with Crippen molar-refractivity contribution in [3.63, 3.8) is 0 Å². The number of anilines is 1. The first kappa shape index (κ1) is 15.0. The molecule has 1 aliphatic carbocycles. The maximum absolute atomic E-state index is 12.2. The molecule has 0 atom stereocenters. The van der Waals surface area contributed by atoms with Gasteiger partial charge in [-0.3, -0.25) is 14.7 Å². The number of hydrogen-bond donors (Lipinski definition) is 1. The number of pyridine rings is 1. The zero-order valence-electron chi connectivity index (χ0n) is 13.6. The third-order valence-corrected chi connectivity index (χ3v) is 4.32. The first-order valence-corrected chi connectivity index (χ1v) is 8.20. The van der Waals surface area contributed by atoms with Crippen molar-refractivity contribution in [3.8, 4) is 0 Å². The van der Waals surface area contributed by atoms with Gasteiger partial charge in [-0.15, -0.1) is 0 Å². The van der Waals surface area contributed by atoms with Gasteiger partial charge in [-0.25, -0.2) is 9.97 Å². The highest BCUT2D eigenvalue weighted by Gasteiger charge is 2.26. The highest BCUT2D eigenvalue weighted by molar-refractivity contribution is 5.91. The van der Waals surface area contributed by atoms with E-state index in [4.69, 9.17) is 0 Å². The minimum atomic E-state index is 0.0429. The number of rotatable bonds is 5. The minimum Gasteiger partial charge on any atom is -0.296 e. The molecule has 0 aromatic carbocycles. The smallest absolute Gasteiger partial charge is 0.226 e. The van der Waals surface area contributed by atoms with Crippen LogP contribution in [0.3, 0.4) is 0 Å². The predicted octanol–water partition coefficient (Wildman–Crippen LogP) is 3.84. The lowest BCUT2D eigenvalue weighted by Gasteiger charge is -2.28. The van der Waals surface area contributed by atoms with E-state index in [9.17, 15) is 4.79 Å². The van der Waals surface area contributed by atoms with E-state index in [1.165, 1.54) is 6.42 Å². The van der Waals surface area contributed by atoms with Crippen molar-refractivity contribution in [1.29, 1.82) is 0 Å². The zero-order chi connectivity index (χ0) is 15.7. The summed E-state index contributed by atoms with van der Waals surface area (Å²) in [5.74, 6) is 1.23. The standard InChI is InChI=1S/C17H24N4O/c1-11(2)7-10-15(22)20-17-19-14-9-8-12(3)18-16(14)21(17)13-5-4-6-13/h8-9,11,13H,4-7,10H2,1-3H3,(H,19,20,22). The molecule has 0 radical (unpaired) electrons. The molecule has 2 aromatic rings. The van der Waals surface area contributed by atoms with Crippen LogP contribution >= 0.6 is 0 Å². The second-order valence-corrected chi connectivity index (χ2v) is 6.67. The Labute approximate surface area is 131 Å². The highest BCUT2D eigenvalue weighted by Crippen LogP contribution is 2.36. The van der Waals surface area contributed by atoms with E-state index in [0.717, 1.165) is 36.1 Å². The van der Waals surface area contributed by atoms with Crippen molar-refractivity contribution < 1.29 is 4.79 Å². The average Bonchev–Trinajstić information content (AvgIpc) is 2.73. The fourth-order valence-corrected chi connectivity index (χ4v) is 2.75. The second kappa shape index (κ2) is 6.07. The molecule has 1 N–H and O–H groups in total. The summed E-state index contributed by atoms with van der Waals surface area (Å²) in [5, 5.41) is 3.00. The van der Waals surface area contributed by atoms with Gasteiger partial charge in [0.05, 0.1) is 0 Å². The molecule has 1 amide bonds. The molecule has 1 saturated carbocycles. The molecular formula is C17H24N4O. The van der Waals surface area contributed by atoms with E-state index in [-0.39, 0.29) is 5.91 Å². The number of imidazole rings is 1. The number of amides is 1. The Hall–Kier alpha value is -1.91. The Bertz CT molecular complexity index is 685. The largest absolute Gasteiger partial charge is 0.296 e. The van der Waals surface area contributed by atoms with Crippen LogP contribution < -0.4 is 5.32 Å². The number of carbonyl (C=O) groups excluding carboxylic acids is 1. The summed E-state index contributed by atoms with van der Waals surface area (Å²) in [5.41, 5.74) is 2.73. The van der Waals surface area contributed by atoms with Crippen LogP contribution in [0.4, 0.5) is 5.95 Å². The van der Waals surface area contributed by atoms with Crippen LogP contribution in [0.2, 0.25) is 0 Å². The molecule has 3 rings (SSSR count). The number of nitrogens with one attached hydrogen (secondary N) is 1. The fourth-order valence-electron chi connectivity index (χ4n) is 2.75. The van der Waals surface area contributed by atoms with Gasteiger partial charge < -0.3 is 0 Å². The molecule has 5 nitrogen and oxygen atoms in total. The summed E-state index contributed by atoms with van der Waals surface area (Å²) in [4.78, 5) is 21.4. The van der Waals surface area contributed by atoms with Crippen LogP contribution in [-0.2, 0) is 4.79 Å². The first-order chi connectivity index (χ1) is 10.5. The van der Waals surface area contributed by atoms with Crippen LogP contribution in [0.5, 0.6) is 0 Å². The SMILES string of the molecule is Cc1ccc2nc(NC(=O)CCC(C)C)n(C3CCC3)c2n1. The maximum Gasteiger partial charge on any atom is 0.226 e. The minimum absolute atomic E-state index is 0.0429. The first-order valence-electron chi connectivity index (χ1n) is 8.20. The van der Waals surface area contributed by atoms with Gasteiger partial charge in [0, 0.05) is 18.2 Å². The Morgan fingerprint density at radius 3 is 2.77 bits per heavy atom. The number of aromatic nitrogens is 3. The van der Waals surface area contributed by atoms with E-state index in [2.05, 4.69) is 33.7 Å². The van der Waals surface area contributed by atoms with Gasteiger partial charge in [0.15, 0.2) is 5.65 Å². The summed E-state index contributed by atoms with van der Waals surface area (Å²) in [6, 6.07) is 4.36. The molecule has 0 unspecified atom stereocenters. The molecule has 2 aromatic heterocycles. The van der Waals surface area contributed by atoms with Gasteiger partial charge in [0.2, 0.25) is 11.9 Å². The molecule has 118 valence electrons. The lowest BCUT2D eigenvalue weighted by molar-refractivity contribution is -0.116. The molecule has 5 heteroatoms. The van der Waals surface area contributed by atoms with Gasteiger partial charge in [-0.1, -0.05) is 13.8 Å². The van der Waals surface area contributed by atoms with Crippen molar-refractivity contribution in [2.45, 2.75) is 58.9 Å². The maximum atomic E-state index is 12.2. The van der Waals surface area contributed by atoms with Gasteiger partial charge in [-0.05, 0) is 50.7 Å². The normalized spacial score (nSPS) is 15.3. The molecule has 0 spiro atoms. The van der Waals surface area contributed by atoms with Crippen LogP contribution in [0.1, 0.15) is 57.7 Å². The zero-order valence-corrected chi connectivity index (χ0v) is 13.6. The van der Waals surface area contributed by atoms with E-state index >= 15 is 0 Å². The van der Waals surface area contributed by atoms with Crippen molar-refractivity contribution in [1.82, 2.24) is 14.5 Å². The van der Waals surface area contributed by atoms with E-state index in [1.54, 1.807) is 0 Å². The molecule has 22 heavy (non-hydrogen) atoms. The lowest BCUT2D eigenvalue weighted by atomic mass is 9.93. The third kappa shape index (κ3) is 2.98. The molecule has 0 aliphatic heterocycles. The van der Waals surface area contributed by atoms with Crippen molar-refractivity contribution in [2.75, 3.05) is 5.32 Å². The van der Waals surface area contributed by atoms with Gasteiger partial charge in [0.25, 0.3) is 0 Å². The van der Waals surface area contributed by atoms with Crippen LogP contribution in [0.15, 0.2) is 12.1 Å². The summed E-state index contributed by atoms with van der Waals surface area (Å²) in [6.07, 6.45) is 4.94. The average molecular weight is 300 g/mol. The Morgan fingerprint density at radius 1 is 1.36 bits per heavy atom. The number of fused-ring (bicyclic) bond motifs is 1. The number of carbonyl (C=O) groups is 1. The molecule has 1 fully saturated rings. The second-order valence-electron chi connectivity index (χ2n) is 6.67. The third-order valence-electron chi connectivity index (χ3n) is 4.32. The molecule has 2 heterocycles. The van der Waals surface area contributed by atoms with E-state index in [1.807, 2.05) is 19.1 Å². The Morgan fingerprint density at radius 2 is 2.14 bits per heavy atom. The van der Waals surface area contributed by atoms with E-state index < -0.39 is 0 Å². The van der Waals surface area contributed by atoms with Crippen molar-refractivity contribution >= 4 is 23.0 Å². The van der Waals surface area contributed by atoms with Crippen LogP contribution in [0, 0.1) is 12.8 Å². The van der Waals surface area contributed by atoms with E-state index in [0.29, 0.717) is 24.3 Å². The Kier molecular flexibility index (Phi) is 4.14. The van der Waals surface area contributed by atoms with Gasteiger partial charge in [-0.2, -0.15) is 0 Å². The summed E-state index contributed by atoms with van der Waals surface area (Å²) in [6.45, 7) is 6.24. The quantitative estimate of drug-likeness (QED) is 0.912. The number of hydrogen-bond acceptors (Lipinski definition) is 3. The summed E-state index contributed by atoms with van der Waals surface area (Å²) >= 11 is 0. The highest BCUT2D eigenvalue weighted by atomic mass is 16.1. The molecule has 0 bridgehead atoms. The van der Waals surface area contributed by atoms with Crippen LogP contribution in [-0.4, -0.2) is 20.4 Å². The Balaban J connectivity index is 1.89. The summed E-state index contributed by atoms with van der Waals surface area (Å²) in [7, 11) is 0. The van der Waals surface area contributed by atoms with Crippen molar-refractivity contribution in [2.24, 2.45) is 5.92 Å². The lowest BCUT2D eigenvalue weighted by Crippen LogP contribution is -2.22. The van der Waals surface area contributed by atoms with Gasteiger partial charge >= 0.3 is 0 Å². The van der Waals surface area contributed by atoms with Gasteiger partial charge in [0.1, 0.15) is 5.52 Å². The summed E-state index contributed by atoms with van der Waals surface area (Å²) < 4.78 is 2.12. The van der Waals surface area contributed by atoms with Crippen LogP contribution in [0.25, 0.3) is 11.2 Å². The van der Waals surface area contributed by atoms with Crippen molar-refractivity contribution in [3.05, 3.63) is 17.8 Å². The molecule has 0 saturated heterocycles. The number of nitrogens with zero attached hydrogens (tertiary/aromatic N) is 3. The monoisotopic (exact) mass is 300 g/mol. The number of aryl methyl sites for hydroxylation is 1. The molecule has 1 aliphatic rings.